The van der Waals surface area contributed by atoms with E-state index in [0.717, 1.165) is 19.3 Å². The monoisotopic (exact) mass is 627 g/mol. The summed E-state index contributed by atoms with van der Waals surface area (Å²) < 4.78 is 33.1. The second kappa shape index (κ2) is 18.3. The molecule has 246 valence electrons. The van der Waals surface area contributed by atoms with Crippen molar-refractivity contribution in [3.63, 3.8) is 0 Å². The molecule has 0 saturated carbocycles. The lowest BCUT2D eigenvalue weighted by atomic mass is 10.0. The van der Waals surface area contributed by atoms with Gasteiger partial charge in [-0.1, -0.05) is 47.5 Å². The first kappa shape index (κ1) is 38.4. The molecule has 0 spiro atoms. The molecule has 2 aromatic heterocycles. The van der Waals surface area contributed by atoms with Gasteiger partial charge in [0.05, 0.1) is 38.1 Å². The summed E-state index contributed by atoms with van der Waals surface area (Å²) in [6, 6.07) is -0.507. The number of carbonyl (C=O) groups is 2. The lowest BCUT2D eigenvalue weighted by Crippen LogP contribution is -2.50. The van der Waals surface area contributed by atoms with E-state index in [1.54, 1.807) is 38.6 Å². The summed E-state index contributed by atoms with van der Waals surface area (Å²) in [6.45, 7) is 19.1. The Kier molecular flexibility index (Phi) is 16.3. The molecular weight excluding hydrogens is 573 g/mol. The summed E-state index contributed by atoms with van der Waals surface area (Å²) in [4.78, 5) is 37.9. The van der Waals surface area contributed by atoms with Gasteiger partial charge in [-0.25, -0.2) is 25.1 Å². The molecule has 0 aliphatic carbocycles. The van der Waals surface area contributed by atoms with Gasteiger partial charge in [0.15, 0.2) is 11.5 Å². The molecule has 13 nitrogen and oxygen atoms in total. The number of nitrogens with one attached hydrogen (secondary N) is 2. The van der Waals surface area contributed by atoms with Crippen LogP contribution >= 0.6 is 7.44 Å². The Morgan fingerprint density at radius 1 is 1.09 bits per heavy atom. The fraction of sp³-hybridized carbons (Fsp3) is 0.759. The average Bonchev–Trinajstić information content (AvgIpc) is 3.33. The molecule has 3 atom stereocenters. The number of imidazole rings is 1. The predicted molar refractivity (Wildman–Crippen MR) is 169 cm³/mol. The number of ether oxygens (including phenoxy) is 3. The molecule has 3 unspecified atom stereocenters. The summed E-state index contributed by atoms with van der Waals surface area (Å²) in [5.74, 6) is -0.727. The maximum Gasteiger partial charge on any atom is 0.326 e. The van der Waals surface area contributed by atoms with Crippen molar-refractivity contribution in [1.82, 2.24) is 29.7 Å². The van der Waals surface area contributed by atoms with Gasteiger partial charge in [-0.15, -0.1) is 0 Å². The van der Waals surface area contributed by atoms with E-state index in [1.807, 2.05) is 34.6 Å². The number of unbranched alkanes of at least 4 members (excludes halogenated alkanes) is 2. The Morgan fingerprint density at radius 3 is 2.37 bits per heavy atom. The zero-order valence-corrected chi connectivity index (χ0v) is 28.6. The number of rotatable bonds is 18. The second-order valence-electron chi connectivity index (χ2n) is 11.5. The highest BCUT2D eigenvalue weighted by Crippen LogP contribution is 2.41. The molecule has 0 amide bonds. The number of hydrogen-bond donors (Lipinski definition) is 3. The van der Waals surface area contributed by atoms with Crippen LogP contribution in [0.3, 0.4) is 0 Å². The Bertz CT molecular complexity index is 1190. The Morgan fingerprint density at radius 2 is 1.77 bits per heavy atom. The molecule has 2 heterocycles. The molecule has 0 aliphatic rings. The highest BCUT2D eigenvalue weighted by molar-refractivity contribution is 7.59. The van der Waals surface area contributed by atoms with E-state index in [0.29, 0.717) is 17.7 Å². The van der Waals surface area contributed by atoms with E-state index >= 15 is 0 Å². The van der Waals surface area contributed by atoms with Crippen molar-refractivity contribution in [3.8, 4) is 0 Å². The van der Waals surface area contributed by atoms with Crippen molar-refractivity contribution >= 4 is 36.4 Å². The number of esters is 2. The van der Waals surface area contributed by atoms with Crippen molar-refractivity contribution < 1.29 is 28.4 Å². The molecule has 0 aromatic carbocycles. The van der Waals surface area contributed by atoms with Gasteiger partial charge in [0.2, 0.25) is 7.44 Å². The summed E-state index contributed by atoms with van der Waals surface area (Å²) >= 11 is 0. The number of nitrogen functional groups attached to an aromatic ring is 1. The normalized spacial score (nSPS) is 14.6. The average molecular weight is 628 g/mol. The largest absolute Gasteiger partial charge is 0.464 e. The lowest BCUT2D eigenvalue weighted by Gasteiger charge is -2.34. The van der Waals surface area contributed by atoms with Crippen LogP contribution in [0.5, 0.6) is 0 Å². The van der Waals surface area contributed by atoms with Crippen LogP contribution < -0.4 is 15.9 Å². The Labute approximate surface area is 256 Å². The minimum Gasteiger partial charge on any atom is -0.464 e. The number of nitrogens with zero attached hydrogens (tertiary/aromatic N) is 4. The summed E-state index contributed by atoms with van der Waals surface area (Å²) in [7, 11) is -3.64. The van der Waals surface area contributed by atoms with E-state index < -0.39 is 37.1 Å². The van der Waals surface area contributed by atoms with Gasteiger partial charge in [0.1, 0.15) is 23.7 Å². The van der Waals surface area contributed by atoms with Gasteiger partial charge in [-0.05, 0) is 47.0 Å². The third kappa shape index (κ3) is 12.9. The fourth-order valence-electron chi connectivity index (χ4n) is 4.08. The van der Waals surface area contributed by atoms with Crippen molar-refractivity contribution in [1.29, 1.82) is 0 Å². The number of anilines is 1. The van der Waals surface area contributed by atoms with Crippen molar-refractivity contribution in [2.24, 2.45) is 5.92 Å². The molecule has 0 radical (unpaired) electrons. The number of fused-ring (bicyclic) bond motifs is 1. The van der Waals surface area contributed by atoms with Crippen LogP contribution in [-0.4, -0.2) is 68.2 Å². The smallest absolute Gasteiger partial charge is 0.326 e. The van der Waals surface area contributed by atoms with Gasteiger partial charge >= 0.3 is 11.9 Å². The third-order valence-electron chi connectivity index (χ3n) is 6.31. The first-order chi connectivity index (χ1) is 20.2. The van der Waals surface area contributed by atoms with Gasteiger partial charge < -0.3 is 24.5 Å². The maximum absolute atomic E-state index is 14.4. The number of carbonyl (C=O) groups excluding carboxylic acids is 2. The highest BCUT2D eigenvalue weighted by atomic mass is 31.2. The molecule has 2 aromatic rings. The number of nitrogens with two attached hydrogens (primary N) is 1. The first-order valence-corrected chi connectivity index (χ1v) is 17.1. The molecule has 0 aliphatic heterocycles. The van der Waals surface area contributed by atoms with Crippen LogP contribution in [0.1, 0.15) is 94.9 Å². The van der Waals surface area contributed by atoms with E-state index in [2.05, 4.69) is 32.1 Å². The first-order valence-electron chi connectivity index (χ1n) is 15.2. The molecular formula is C29H54N7O6P. The molecule has 43 heavy (non-hydrogen) atoms. The van der Waals surface area contributed by atoms with Gasteiger partial charge in [0.25, 0.3) is 0 Å². The second-order valence-corrected chi connectivity index (χ2v) is 13.7. The number of aromatic nitrogens is 4. The standard InChI is InChI=1S/C27H48N7O6P.C2H6/c1-9-10-11-12-38-26(36)27(7,8)33-41(37,32-21(18(2)3)13-22(35)40-19(4)5)17-39-20(6)14-34-16-31-23-24(28)29-15-30-25(23)34;1-2/h15-16,18-21H,9-14,17H2,1-8H3,(H2,28,29,30)(H2,32,33,37);1-2H3. The summed E-state index contributed by atoms with van der Waals surface area (Å²) in [6.07, 6.45) is 4.70. The van der Waals surface area contributed by atoms with Gasteiger partial charge in [-0.2, -0.15) is 0 Å². The summed E-state index contributed by atoms with van der Waals surface area (Å²) in [5.41, 5.74) is 5.64. The van der Waals surface area contributed by atoms with Gasteiger partial charge in [0, 0.05) is 6.04 Å². The van der Waals surface area contributed by atoms with Crippen LogP contribution in [0.2, 0.25) is 0 Å². The Balaban J connectivity index is 0.00000452. The van der Waals surface area contributed by atoms with Crippen LogP contribution in [0.25, 0.3) is 11.2 Å². The zero-order valence-electron chi connectivity index (χ0n) is 27.7. The number of hydrogen-bond acceptors (Lipinski definition) is 10. The highest BCUT2D eigenvalue weighted by Gasteiger charge is 2.39. The van der Waals surface area contributed by atoms with E-state index in [1.165, 1.54) is 6.33 Å². The van der Waals surface area contributed by atoms with Crippen LogP contribution in [0.15, 0.2) is 12.7 Å². The van der Waals surface area contributed by atoms with Crippen LogP contribution in [-0.2, 0) is 34.9 Å². The molecule has 2 rings (SSSR count). The SMILES string of the molecule is CC.CCCCCOC(=O)C(C)(C)NP(=O)(COC(C)Cn1cnc2c(N)ncnc21)NC(CC(=O)OC(C)C)C(C)C. The molecule has 0 bridgehead atoms. The van der Waals surface area contributed by atoms with Crippen LogP contribution in [0.4, 0.5) is 5.82 Å². The minimum atomic E-state index is -3.64. The van der Waals surface area contributed by atoms with E-state index in [4.69, 9.17) is 19.9 Å². The molecule has 4 N–H and O–H groups in total. The maximum atomic E-state index is 14.4. The van der Waals surface area contributed by atoms with Gasteiger partial charge in [-0.3, -0.25) is 14.2 Å². The lowest BCUT2D eigenvalue weighted by molar-refractivity contribution is -0.150. The summed E-state index contributed by atoms with van der Waals surface area (Å²) in [5, 5.41) is 6.12. The molecule has 0 fully saturated rings. The predicted octanol–water partition coefficient (Wildman–Crippen LogP) is 5.05. The third-order valence-corrected chi connectivity index (χ3v) is 8.49. The van der Waals surface area contributed by atoms with Crippen LogP contribution in [0, 0.1) is 5.92 Å². The molecule has 0 saturated heterocycles. The topological polar surface area (TPSA) is 173 Å². The fourth-order valence-corrected chi connectivity index (χ4v) is 6.67. The Hall–Kier alpha value is -2.60. The quantitative estimate of drug-likeness (QED) is 0.114. The molecule has 14 heteroatoms. The van der Waals surface area contributed by atoms with Crippen molar-refractivity contribution in [2.75, 3.05) is 18.7 Å². The van der Waals surface area contributed by atoms with E-state index in [9.17, 15) is 14.2 Å². The van der Waals surface area contributed by atoms with Crippen molar-refractivity contribution in [3.05, 3.63) is 12.7 Å². The zero-order chi connectivity index (χ0) is 32.8. The minimum absolute atomic E-state index is 0.00111. The van der Waals surface area contributed by atoms with Crippen molar-refractivity contribution in [2.45, 2.75) is 125 Å². The van der Waals surface area contributed by atoms with E-state index in [-0.39, 0.29) is 37.2 Å².